The lowest BCUT2D eigenvalue weighted by Gasteiger charge is -2.09. The molecule has 4 rings (SSSR count). The van der Waals surface area contributed by atoms with Gasteiger partial charge in [-0.05, 0) is 60.7 Å². The number of rotatable bonds is 4. The minimum Gasteiger partial charge on any atom is -0.349 e. The summed E-state index contributed by atoms with van der Waals surface area (Å²) in [6.45, 7) is 0. The molecule has 8 heteroatoms. The summed E-state index contributed by atoms with van der Waals surface area (Å²) in [4.78, 5) is 13.0. The number of benzene rings is 2. The Bertz CT molecular complexity index is 1200. The van der Waals surface area contributed by atoms with E-state index in [0.717, 1.165) is 5.69 Å². The van der Waals surface area contributed by atoms with Gasteiger partial charge in [0.1, 0.15) is 17.2 Å². The Balaban J connectivity index is 1.79. The molecule has 5 nitrogen and oxygen atoms in total. The van der Waals surface area contributed by atoms with Gasteiger partial charge in [0.2, 0.25) is 0 Å². The maximum absolute atomic E-state index is 13.1. The third-order valence-electron chi connectivity index (χ3n) is 4.40. The molecule has 0 aliphatic heterocycles. The highest BCUT2D eigenvalue weighted by molar-refractivity contribution is 6.42. The number of aryl methyl sites for hydroxylation is 1. The van der Waals surface area contributed by atoms with Crippen LogP contribution in [0, 0.1) is 5.82 Å². The summed E-state index contributed by atoms with van der Waals surface area (Å²) in [7, 11) is 1.89. The first-order valence-electron chi connectivity index (χ1n) is 8.66. The van der Waals surface area contributed by atoms with E-state index in [4.69, 9.17) is 23.2 Å². The second-order valence-corrected chi connectivity index (χ2v) is 7.20. The van der Waals surface area contributed by atoms with Gasteiger partial charge in [-0.15, -0.1) is 0 Å². The number of nitrogens with one attached hydrogen (secondary N) is 1. The molecule has 0 bridgehead atoms. The van der Waals surface area contributed by atoms with Gasteiger partial charge in [0, 0.05) is 18.9 Å². The summed E-state index contributed by atoms with van der Waals surface area (Å²) < 4.78 is 16.6. The molecule has 0 atom stereocenters. The van der Waals surface area contributed by atoms with Gasteiger partial charge in [0.25, 0.3) is 5.91 Å². The van der Waals surface area contributed by atoms with Crippen LogP contribution in [0.3, 0.4) is 0 Å². The van der Waals surface area contributed by atoms with E-state index in [1.807, 2.05) is 29.9 Å². The topological polar surface area (TPSA) is 51.9 Å². The van der Waals surface area contributed by atoms with Crippen molar-refractivity contribution in [3.63, 3.8) is 0 Å². The van der Waals surface area contributed by atoms with E-state index in [-0.39, 0.29) is 5.82 Å². The van der Waals surface area contributed by atoms with Crippen LogP contribution in [0.5, 0.6) is 0 Å². The van der Waals surface area contributed by atoms with E-state index in [1.54, 1.807) is 24.3 Å². The van der Waals surface area contributed by atoms with Crippen LogP contribution in [0.25, 0.3) is 17.1 Å². The lowest BCUT2D eigenvalue weighted by Crippen LogP contribution is -2.17. The number of halogens is 3. The molecule has 2 aromatic heterocycles. The van der Waals surface area contributed by atoms with Crippen LogP contribution >= 0.6 is 23.2 Å². The molecule has 0 saturated heterocycles. The van der Waals surface area contributed by atoms with Gasteiger partial charge in [-0.25, -0.2) is 9.07 Å². The number of anilines is 1. The highest BCUT2D eigenvalue weighted by Crippen LogP contribution is 2.27. The molecule has 146 valence electrons. The zero-order valence-electron chi connectivity index (χ0n) is 15.2. The first kappa shape index (κ1) is 19.2. The molecule has 4 aromatic rings. The van der Waals surface area contributed by atoms with Crippen LogP contribution in [0.2, 0.25) is 10.0 Å². The standard InChI is InChI=1S/C21H15Cl2FN4O/c1-27-10-2-3-19(27)18-12-20(21(29)25-14-6-4-13(24)5-7-14)28(26-18)15-8-9-16(22)17(23)11-15/h2-12H,1H3,(H,25,29). The maximum atomic E-state index is 13.1. The first-order chi connectivity index (χ1) is 13.9. The van der Waals surface area contributed by atoms with Crippen molar-refractivity contribution in [2.45, 2.75) is 0 Å². The number of carbonyl (C=O) groups excluding carboxylic acids is 1. The normalized spacial score (nSPS) is 10.9. The first-order valence-corrected chi connectivity index (χ1v) is 9.42. The van der Waals surface area contributed by atoms with Gasteiger partial charge in [0.15, 0.2) is 0 Å². The average molecular weight is 429 g/mol. The van der Waals surface area contributed by atoms with E-state index in [0.29, 0.717) is 32.8 Å². The second-order valence-electron chi connectivity index (χ2n) is 6.39. The number of hydrogen-bond donors (Lipinski definition) is 1. The van der Waals surface area contributed by atoms with E-state index < -0.39 is 5.91 Å². The van der Waals surface area contributed by atoms with Crippen molar-refractivity contribution in [2.75, 3.05) is 5.32 Å². The van der Waals surface area contributed by atoms with Crippen LogP contribution in [-0.4, -0.2) is 20.3 Å². The van der Waals surface area contributed by atoms with E-state index in [1.165, 1.54) is 28.9 Å². The molecule has 1 N–H and O–H groups in total. The van der Waals surface area contributed by atoms with Gasteiger partial charge >= 0.3 is 0 Å². The van der Waals surface area contributed by atoms with Gasteiger partial charge < -0.3 is 9.88 Å². The quantitative estimate of drug-likeness (QED) is 0.461. The van der Waals surface area contributed by atoms with Gasteiger partial charge in [-0.3, -0.25) is 4.79 Å². The lowest BCUT2D eigenvalue weighted by molar-refractivity contribution is 0.101. The molecule has 0 spiro atoms. The number of aromatic nitrogens is 3. The van der Waals surface area contributed by atoms with Crippen molar-refractivity contribution in [1.82, 2.24) is 14.3 Å². The average Bonchev–Trinajstić information content (AvgIpc) is 3.32. The van der Waals surface area contributed by atoms with Crippen molar-refractivity contribution in [2.24, 2.45) is 7.05 Å². The molecule has 2 aromatic carbocycles. The summed E-state index contributed by atoms with van der Waals surface area (Å²) in [5.41, 5.74) is 2.82. The Morgan fingerprint density at radius 3 is 2.45 bits per heavy atom. The van der Waals surface area contributed by atoms with Crippen LogP contribution in [0.4, 0.5) is 10.1 Å². The predicted molar refractivity (Wildman–Crippen MR) is 112 cm³/mol. The maximum Gasteiger partial charge on any atom is 0.274 e. The molecule has 1 amide bonds. The zero-order valence-corrected chi connectivity index (χ0v) is 16.7. The van der Waals surface area contributed by atoms with E-state index in [2.05, 4.69) is 10.4 Å². The Hall–Kier alpha value is -3.09. The fourth-order valence-corrected chi connectivity index (χ4v) is 3.23. The third-order valence-corrected chi connectivity index (χ3v) is 5.14. The minimum absolute atomic E-state index is 0.295. The summed E-state index contributed by atoms with van der Waals surface area (Å²) in [6.07, 6.45) is 1.89. The van der Waals surface area contributed by atoms with Gasteiger partial charge in [0.05, 0.1) is 21.4 Å². The largest absolute Gasteiger partial charge is 0.349 e. The van der Waals surface area contributed by atoms with Crippen LogP contribution in [-0.2, 0) is 7.05 Å². The highest BCUT2D eigenvalue weighted by atomic mass is 35.5. The smallest absolute Gasteiger partial charge is 0.274 e. The van der Waals surface area contributed by atoms with Crippen molar-refractivity contribution in [3.8, 4) is 17.1 Å². The summed E-state index contributed by atoms with van der Waals surface area (Å²) >= 11 is 12.2. The molecule has 29 heavy (non-hydrogen) atoms. The van der Waals surface area contributed by atoms with E-state index in [9.17, 15) is 9.18 Å². The summed E-state index contributed by atoms with van der Waals surface area (Å²) in [5, 5.41) is 8.12. The fourth-order valence-electron chi connectivity index (χ4n) is 2.94. The van der Waals surface area contributed by atoms with Gasteiger partial charge in [-0.1, -0.05) is 23.2 Å². The fraction of sp³-hybridized carbons (Fsp3) is 0.0476. The van der Waals surface area contributed by atoms with Crippen molar-refractivity contribution in [3.05, 3.63) is 88.4 Å². The number of amides is 1. The second kappa shape index (κ2) is 7.73. The molecule has 0 aliphatic carbocycles. The monoisotopic (exact) mass is 428 g/mol. The Kier molecular flexibility index (Phi) is 5.13. The SMILES string of the molecule is Cn1cccc1-c1cc(C(=O)Nc2ccc(F)cc2)n(-c2ccc(Cl)c(Cl)c2)n1. The zero-order chi connectivity index (χ0) is 20.5. The Morgan fingerprint density at radius 1 is 1.03 bits per heavy atom. The highest BCUT2D eigenvalue weighted by Gasteiger charge is 2.19. The van der Waals surface area contributed by atoms with E-state index >= 15 is 0 Å². The number of hydrogen-bond acceptors (Lipinski definition) is 2. The lowest BCUT2D eigenvalue weighted by atomic mass is 10.2. The molecule has 0 saturated carbocycles. The van der Waals surface area contributed by atoms with Crippen LogP contribution < -0.4 is 5.32 Å². The van der Waals surface area contributed by atoms with Crippen molar-refractivity contribution >= 4 is 34.8 Å². The molecule has 0 radical (unpaired) electrons. The molecule has 2 heterocycles. The van der Waals surface area contributed by atoms with Crippen molar-refractivity contribution < 1.29 is 9.18 Å². The Morgan fingerprint density at radius 2 is 1.79 bits per heavy atom. The summed E-state index contributed by atoms with van der Waals surface area (Å²) in [5.74, 6) is -0.773. The molecular weight excluding hydrogens is 414 g/mol. The predicted octanol–water partition coefficient (Wildman–Crippen LogP) is 5.58. The molecular formula is C21H15Cl2FN4O. The number of carbonyl (C=O) groups is 1. The summed E-state index contributed by atoms with van der Waals surface area (Å²) in [6, 6.07) is 16.0. The molecule has 0 aliphatic rings. The van der Waals surface area contributed by atoms with Crippen LogP contribution in [0.1, 0.15) is 10.5 Å². The number of nitrogens with zero attached hydrogens (tertiary/aromatic N) is 3. The molecule has 0 unspecified atom stereocenters. The molecule has 0 fully saturated rings. The van der Waals surface area contributed by atoms with Gasteiger partial charge in [-0.2, -0.15) is 5.10 Å². The van der Waals surface area contributed by atoms with Crippen LogP contribution in [0.15, 0.2) is 66.9 Å². The minimum atomic E-state index is -0.393. The van der Waals surface area contributed by atoms with Crippen molar-refractivity contribution in [1.29, 1.82) is 0 Å². The third kappa shape index (κ3) is 3.90. The Labute approximate surface area is 176 Å².